The predicted octanol–water partition coefficient (Wildman–Crippen LogP) is 2.60. The second kappa shape index (κ2) is 4.14. The maximum atomic E-state index is 3.55. The normalized spacial score (nSPS) is 15.9. The molecule has 0 amide bonds. The van der Waals surface area contributed by atoms with Crippen molar-refractivity contribution in [2.45, 2.75) is 39.2 Å². The third kappa shape index (κ3) is 2.58. The first-order chi connectivity index (χ1) is 6.75. The number of nitrogens with one attached hydrogen (secondary N) is 1. The van der Waals surface area contributed by atoms with Crippen LogP contribution in [0.5, 0.6) is 0 Å². The lowest BCUT2D eigenvalue weighted by atomic mass is 10.0. The highest BCUT2D eigenvalue weighted by atomic mass is 14.9. The molecule has 1 fully saturated rings. The minimum atomic E-state index is 0.833. The van der Waals surface area contributed by atoms with Crippen molar-refractivity contribution >= 4 is 0 Å². The minimum absolute atomic E-state index is 0.833. The Balaban J connectivity index is 1.89. The number of aryl methyl sites for hydroxylation is 2. The highest BCUT2D eigenvalue weighted by Gasteiger charge is 2.19. The Hall–Kier alpha value is -0.820. The van der Waals surface area contributed by atoms with Gasteiger partial charge < -0.3 is 5.32 Å². The van der Waals surface area contributed by atoms with Crippen LogP contribution in [-0.4, -0.2) is 12.6 Å². The lowest BCUT2D eigenvalue weighted by Gasteiger charge is -2.07. The van der Waals surface area contributed by atoms with Gasteiger partial charge in [0.25, 0.3) is 0 Å². The molecule has 0 atom stereocenters. The second-order valence-electron chi connectivity index (χ2n) is 4.41. The third-order valence-electron chi connectivity index (χ3n) is 2.91. The average Bonchev–Trinajstić information content (AvgIpc) is 2.95. The van der Waals surface area contributed by atoms with Gasteiger partial charge in [0, 0.05) is 6.04 Å². The summed E-state index contributed by atoms with van der Waals surface area (Å²) in [5.74, 6) is 0. The van der Waals surface area contributed by atoms with Crippen molar-refractivity contribution in [2.75, 3.05) is 6.54 Å². The van der Waals surface area contributed by atoms with Crippen LogP contribution in [0, 0.1) is 13.8 Å². The summed E-state index contributed by atoms with van der Waals surface area (Å²) in [5, 5.41) is 3.55. The first-order valence-electron chi connectivity index (χ1n) is 5.55. The summed E-state index contributed by atoms with van der Waals surface area (Å²) in [6, 6.07) is 7.55. The lowest BCUT2D eigenvalue weighted by molar-refractivity contribution is 0.680. The molecule has 0 aliphatic heterocycles. The van der Waals surface area contributed by atoms with Crippen molar-refractivity contribution in [1.29, 1.82) is 0 Å². The van der Waals surface area contributed by atoms with Gasteiger partial charge in [0.2, 0.25) is 0 Å². The molecule has 76 valence electrons. The Morgan fingerprint density at radius 1 is 1.29 bits per heavy atom. The van der Waals surface area contributed by atoms with Gasteiger partial charge in [-0.15, -0.1) is 0 Å². The summed E-state index contributed by atoms with van der Waals surface area (Å²) < 4.78 is 0. The Labute approximate surface area is 86.5 Å². The van der Waals surface area contributed by atoms with Crippen LogP contribution in [0.15, 0.2) is 18.2 Å². The molecule has 1 heteroatoms. The first-order valence-corrected chi connectivity index (χ1v) is 5.55. The van der Waals surface area contributed by atoms with Gasteiger partial charge in [-0.2, -0.15) is 0 Å². The fraction of sp³-hybridized carbons (Fsp3) is 0.538. The topological polar surface area (TPSA) is 12.0 Å². The SMILES string of the molecule is Cc1ccc(C)c(CCNC2CC2)c1. The molecule has 0 saturated heterocycles. The van der Waals surface area contributed by atoms with Gasteiger partial charge in [-0.25, -0.2) is 0 Å². The van der Waals surface area contributed by atoms with Crippen LogP contribution in [0.25, 0.3) is 0 Å². The number of hydrogen-bond acceptors (Lipinski definition) is 1. The molecule has 0 unspecified atom stereocenters. The van der Waals surface area contributed by atoms with E-state index in [2.05, 4.69) is 37.4 Å². The summed E-state index contributed by atoms with van der Waals surface area (Å²) in [6.07, 6.45) is 3.93. The summed E-state index contributed by atoms with van der Waals surface area (Å²) in [5.41, 5.74) is 4.29. The van der Waals surface area contributed by atoms with Crippen molar-refractivity contribution < 1.29 is 0 Å². The van der Waals surface area contributed by atoms with E-state index in [4.69, 9.17) is 0 Å². The molecule has 1 N–H and O–H groups in total. The largest absolute Gasteiger partial charge is 0.314 e. The smallest absolute Gasteiger partial charge is 0.00683 e. The van der Waals surface area contributed by atoms with Crippen LogP contribution in [0.3, 0.4) is 0 Å². The highest BCUT2D eigenvalue weighted by Crippen LogP contribution is 2.18. The Morgan fingerprint density at radius 2 is 2.07 bits per heavy atom. The highest BCUT2D eigenvalue weighted by molar-refractivity contribution is 5.30. The van der Waals surface area contributed by atoms with E-state index in [1.807, 2.05) is 0 Å². The molecule has 14 heavy (non-hydrogen) atoms. The zero-order chi connectivity index (χ0) is 9.97. The quantitative estimate of drug-likeness (QED) is 0.767. The van der Waals surface area contributed by atoms with Gasteiger partial charge in [0.05, 0.1) is 0 Å². The van der Waals surface area contributed by atoms with E-state index in [1.54, 1.807) is 0 Å². The van der Waals surface area contributed by atoms with Crippen LogP contribution in [0.4, 0.5) is 0 Å². The molecule has 1 saturated carbocycles. The number of rotatable bonds is 4. The molecular weight excluding hydrogens is 170 g/mol. The van der Waals surface area contributed by atoms with Gasteiger partial charge >= 0.3 is 0 Å². The molecule has 1 aromatic rings. The summed E-state index contributed by atoms with van der Waals surface area (Å²) in [6.45, 7) is 5.50. The van der Waals surface area contributed by atoms with Gasteiger partial charge in [0.15, 0.2) is 0 Å². The van der Waals surface area contributed by atoms with E-state index >= 15 is 0 Å². The molecule has 0 bridgehead atoms. The Morgan fingerprint density at radius 3 is 2.79 bits per heavy atom. The lowest BCUT2D eigenvalue weighted by Crippen LogP contribution is -2.19. The number of hydrogen-bond donors (Lipinski definition) is 1. The van der Waals surface area contributed by atoms with E-state index in [-0.39, 0.29) is 0 Å². The molecule has 1 nitrogen and oxygen atoms in total. The Kier molecular flexibility index (Phi) is 2.87. The molecule has 0 aromatic heterocycles. The third-order valence-corrected chi connectivity index (χ3v) is 2.91. The van der Waals surface area contributed by atoms with Crippen LogP contribution in [0.1, 0.15) is 29.5 Å². The first kappa shape index (κ1) is 9.72. The van der Waals surface area contributed by atoms with Crippen LogP contribution < -0.4 is 5.32 Å². The molecule has 0 spiro atoms. The van der Waals surface area contributed by atoms with E-state index < -0.39 is 0 Å². The van der Waals surface area contributed by atoms with Gasteiger partial charge in [-0.1, -0.05) is 23.8 Å². The Bertz CT molecular complexity index is 313. The molecule has 0 heterocycles. The van der Waals surface area contributed by atoms with E-state index in [0.717, 1.165) is 12.6 Å². The van der Waals surface area contributed by atoms with E-state index in [1.165, 1.54) is 36.0 Å². The molecular formula is C13H19N. The fourth-order valence-corrected chi connectivity index (χ4v) is 1.77. The van der Waals surface area contributed by atoms with Crippen molar-refractivity contribution in [2.24, 2.45) is 0 Å². The zero-order valence-electron chi connectivity index (χ0n) is 9.14. The maximum absolute atomic E-state index is 3.55. The monoisotopic (exact) mass is 189 g/mol. The molecule has 1 aliphatic carbocycles. The van der Waals surface area contributed by atoms with Crippen LogP contribution in [0.2, 0.25) is 0 Å². The van der Waals surface area contributed by atoms with Crippen molar-refractivity contribution in [3.8, 4) is 0 Å². The molecule has 1 aliphatic rings. The minimum Gasteiger partial charge on any atom is -0.314 e. The van der Waals surface area contributed by atoms with Crippen LogP contribution in [-0.2, 0) is 6.42 Å². The average molecular weight is 189 g/mol. The van der Waals surface area contributed by atoms with E-state index in [9.17, 15) is 0 Å². The van der Waals surface area contributed by atoms with Crippen molar-refractivity contribution in [3.05, 3.63) is 34.9 Å². The fourth-order valence-electron chi connectivity index (χ4n) is 1.77. The molecule has 0 radical (unpaired) electrons. The summed E-state index contributed by atoms with van der Waals surface area (Å²) in [4.78, 5) is 0. The second-order valence-corrected chi connectivity index (χ2v) is 4.41. The van der Waals surface area contributed by atoms with Gasteiger partial charge in [0.1, 0.15) is 0 Å². The molecule has 2 rings (SSSR count). The summed E-state index contributed by atoms with van der Waals surface area (Å²) in [7, 11) is 0. The maximum Gasteiger partial charge on any atom is 0.00683 e. The summed E-state index contributed by atoms with van der Waals surface area (Å²) >= 11 is 0. The predicted molar refractivity (Wildman–Crippen MR) is 60.6 cm³/mol. The standard InChI is InChI=1S/C13H19N/c1-10-3-4-11(2)12(9-10)7-8-14-13-5-6-13/h3-4,9,13-14H,5-8H2,1-2H3. The van der Waals surface area contributed by atoms with Crippen molar-refractivity contribution in [3.63, 3.8) is 0 Å². The van der Waals surface area contributed by atoms with E-state index in [0.29, 0.717) is 0 Å². The van der Waals surface area contributed by atoms with Gasteiger partial charge in [-0.05, 0) is 50.8 Å². The van der Waals surface area contributed by atoms with Crippen molar-refractivity contribution in [1.82, 2.24) is 5.32 Å². The number of benzene rings is 1. The van der Waals surface area contributed by atoms with Gasteiger partial charge in [-0.3, -0.25) is 0 Å². The molecule has 1 aromatic carbocycles. The van der Waals surface area contributed by atoms with Crippen LogP contribution >= 0.6 is 0 Å². The zero-order valence-corrected chi connectivity index (χ0v) is 9.14.